The smallest absolute Gasteiger partial charge is 0.262 e. The molecular formula is C18H21N3O4S2. The summed E-state index contributed by atoms with van der Waals surface area (Å²) >= 11 is 0. The van der Waals surface area contributed by atoms with Crippen molar-refractivity contribution < 1.29 is 16.8 Å². The van der Waals surface area contributed by atoms with E-state index in [2.05, 4.69) is 9.44 Å². The highest BCUT2D eigenvalue weighted by Crippen LogP contribution is 2.32. The van der Waals surface area contributed by atoms with Gasteiger partial charge in [-0.25, -0.2) is 16.8 Å². The van der Waals surface area contributed by atoms with Crippen LogP contribution in [0.2, 0.25) is 0 Å². The SMILES string of the molecule is Cc1cc(C)c(S(=O)(=O)Nc2ccc(CC#N)cc2)c(C)c1NS(C)(=O)=O. The molecule has 0 heterocycles. The number of hydrogen-bond donors (Lipinski definition) is 2. The van der Waals surface area contributed by atoms with E-state index < -0.39 is 20.0 Å². The molecule has 0 atom stereocenters. The van der Waals surface area contributed by atoms with Gasteiger partial charge in [-0.3, -0.25) is 9.44 Å². The van der Waals surface area contributed by atoms with Crippen molar-refractivity contribution in [3.63, 3.8) is 0 Å². The maximum atomic E-state index is 12.9. The van der Waals surface area contributed by atoms with Crippen LogP contribution in [0.25, 0.3) is 0 Å². The van der Waals surface area contributed by atoms with Gasteiger partial charge in [-0.15, -0.1) is 0 Å². The molecule has 0 fully saturated rings. The molecule has 0 saturated carbocycles. The normalized spacial score (nSPS) is 11.7. The number of sulfonamides is 2. The number of rotatable bonds is 6. The Morgan fingerprint density at radius 1 is 0.963 bits per heavy atom. The minimum Gasteiger partial charge on any atom is -0.283 e. The molecule has 27 heavy (non-hydrogen) atoms. The molecule has 0 unspecified atom stereocenters. The summed E-state index contributed by atoms with van der Waals surface area (Å²) in [6.07, 6.45) is 1.25. The molecule has 2 aromatic rings. The average Bonchev–Trinajstić information content (AvgIpc) is 2.52. The van der Waals surface area contributed by atoms with E-state index in [1.165, 1.54) is 0 Å². The Morgan fingerprint density at radius 3 is 2.07 bits per heavy atom. The van der Waals surface area contributed by atoms with E-state index in [9.17, 15) is 16.8 Å². The summed E-state index contributed by atoms with van der Waals surface area (Å²) in [4.78, 5) is 0.0281. The van der Waals surface area contributed by atoms with Crippen LogP contribution in [0.15, 0.2) is 35.2 Å². The molecule has 0 spiro atoms. The zero-order chi connectivity index (χ0) is 20.4. The Balaban J connectivity index is 2.49. The molecule has 7 nitrogen and oxygen atoms in total. The van der Waals surface area contributed by atoms with Gasteiger partial charge in [0.15, 0.2) is 0 Å². The number of anilines is 2. The van der Waals surface area contributed by atoms with Crippen molar-refractivity contribution in [1.82, 2.24) is 0 Å². The molecule has 2 aromatic carbocycles. The molecule has 0 aliphatic carbocycles. The lowest BCUT2D eigenvalue weighted by Crippen LogP contribution is -2.19. The molecular weight excluding hydrogens is 386 g/mol. The van der Waals surface area contributed by atoms with E-state index >= 15 is 0 Å². The largest absolute Gasteiger partial charge is 0.283 e. The average molecular weight is 408 g/mol. The molecule has 144 valence electrons. The second-order valence-corrected chi connectivity index (χ2v) is 9.72. The minimum absolute atomic E-state index is 0.0281. The first kappa shape index (κ1) is 20.7. The van der Waals surface area contributed by atoms with Gasteiger partial charge in [-0.1, -0.05) is 18.2 Å². The Morgan fingerprint density at radius 2 is 1.56 bits per heavy atom. The van der Waals surface area contributed by atoms with Gasteiger partial charge in [-0.2, -0.15) is 5.26 Å². The number of nitrogens with zero attached hydrogens (tertiary/aromatic N) is 1. The standard InChI is InChI=1S/C18H21N3O4S2/c1-12-11-13(2)18(14(3)17(12)21-26(4,22)23)27(24,25)20-16-7-5-15(6-8-16)9-10-19/h5-8,11,20-21H,9H2,1-4H3. The molecule has 0 amide bonds. The molecule has 2 rings (SSSR count). The van der Waals surface area contributed by atoms with Crippen molar-refractivity contribution in [3.8, 4) is 6.07 Å². The number of hydrogen-bond acceptors (Lipinski definition) is 5. The minimum atomic E-state index is -3.94. The van der Waals surface area contributed by atoms with Gasteiger partial charge in [0.05, 0.1) is 29.3 Å². The lowest BCUT2D eigenvalue weighted by molar-refractivity contribution is 0.599. The maximum Gasteiger partial charge on any atom is 0.262 e. The van der Waals surface area contributed by atoms with Crippen molar-refractivity contribution in [2.45, 2.75) is 32.1 Å². The van der Waals surface area contributed by atoms with Gasteiger partial charge in [0, 0.05) is 5.69 Å². The van der Waals surface area contributed by atoms with Gasteiger partial charge < -0.3 is 0 Å². The molecule has 0 aromatic heterocycles. The highest BCUT2D eigenvalue weighted by atomic mass is 32.2. The van der Waals surface area contributed by atoms with Crippen LogP contribution < -0.4 is 9.44 Å². The quantitative estimate of drug-likeness (QED) is 0.764. The van der Waals surface area contributed by atoms with Crippen LogP contribution in [0.5, 0.6) is 0 Å². The highest BCUT2D eigenvalue weighted by molar-refractivity contribution is 7.93. The second-order valence-electron chi connectivity index (χ2n) is 6.35. The Bertz CT molecular complexity index is 1110. The number of aryl methyl sites for hydroxylation is 2. The fourth-order valence-electron chi connectivity index (χ4n) is 2.91. The summed E-state index contributed by atoms with van der Waals surface area (Å²) in [7, 11) is -7.50. The monoisotopic (exact) mass is 407 g/mol. The van der Waals surface area contributed by atoms with E-state index in [-0.39, 0.29) is 17.0 Å². The third-order valence-electron chi connectivity index (χ3n) is 3.95. The van der Waals surface area contributed by atoms with E-state index in [4.69, 9.17) is 5.26 Å². The van der Waals surface area contributed by atoms with Crippen LogP contribution in [-0.2, 0) is 26.5 Å². The van der Waals surface area contributed by atoms with E-state index in [1.54, 1.807) is 51.1 Å². The molecule has 0 bridgehead atoms. The first-order valence-corrected chi connectivity index (χ1v) is 11.4. The third-order valence-corrected chi connectivity index (χ3v) is 6.19. The Hall–Kier alpha value is -2.57. The highest BCUT2D eigenvalue weighted by Gasteiger charge is 2.24. The van der Waals surface area contributed by atoms with E-state index in [0.29, 0.717) is 22.4 Å². The van der Waals surface area contributed by atoms with Crippen molar-refractivity contribution in [1.29, 1.82) is 5.26 Å². The maximum absolute atomic E-state index is 12.9. The number of nitrogens with one attached hydrogen (secondary N) is 2. The summed E-state index contributed by atoms with van der Waals surface area (Å²) in [6.45, 7) is 4.94. The van der Waals surface area contributed by atoms with Crippen LogP contribution in [-0.4, -0.2) is 23.1 Å². The van der Waals surface area contributed by atoms with Crippen LogP contribution in [0.4, 0.5) is 11.4 Å². The van der Waals surface area contributed by atoms with E-state index in [0.717, 1.165) is 11.8 Å². The van der Waals surface area contributed by atoms with Gasteiger partial charge in [0.2, 0.25) is 10.0 Å². The van der Waals surface area contributed by atoms with Crippen molar-refractivity contribution >= 4 is 31.4 Å². The van der Waals surface area contributed by atoms with Crippen LogP contribution >= 0.6 is 0 Å². The first-order chi connectivity index (χ1) is 12.4. The summed E-state index contributed by atoms with van der Waals surface area (Å²) in [5, 5.41) is 8.70. The van der Waals surface area contributed by atoms with Crippen molar-refractivity contribution in [2.75, 3.05) is 15.7 Å². The van der Waals surface area contributed by atoms with Gasteiger partial charge >= 0.3 is 0 Å². The van der Waals surface area contributed by atoms with Crippen molar-refractivity contribution in [2.24, 2.45) is 0 Å². The number of nitriles is 1. The summed E-state index contributed by atoms with van der Waals surface area (Å²) in [5.74, 6) is 0. The molecule has 0 aliphatic rings. The zero-order valence-corrected chi connectivity index (χ0v) is 17.1. The van der Waals surface area contributed by atoms with Gasteiger partial charge in [0.25, 0.3) is 10.0 Å². The molecule has 0 saturated heterocycles. The summed E-state index contributed by atoms with van der Waals surface area (Å²) < 4.78 is 54.0. The molecule has 0 aliphatic heterocycles. The fraction of sp³-hybridized carbons (Fsp3) is 0.278. The van der Waals surface area contributed by atoms with Crippen LogP contribution in [0.3, 0.4) is 0 Å². The summed E-state index contributed by atoms with van der Waals surface area (Å²) in [5.41, 5.74) is 2.86. The fourth-order valence-corrected chi connectivity index (χ4v) is 5.13. The molecule has 0 radical (unpaired) electrons. The predicted octanol–water partition coefficient (Wildman–Crippen LogP) is 2.85. The number of benzene rings is 2. The summed E-state index contributed by atoms with van der Waals surface area (Å²) in [6, 6.07) is 10.2. The predicted molar refractivity (Wildman–Crippen MR) is 106 cm³/mol. The Labute approximate surface area is 160 Å². The van der Waals surface area contributed by atoms with Crippen molar-refractivity contribution in [3.05, 3.63) is 52.6 Å². The first-order valence-electron chi connectivity index (χ1n) is 8.02. The van der Waals surface area contributed by atoms with Crippen LogP contribution in [0.1, 0.15) is 22.3 Å². The van der Waals surface area contributed by atoms with Gasteiger partial charge in [0.1, 0.15) is 0 Å². The van der Waals surface area contributed by atoms with Crippen LogP contribution in [0, 0.1) is 32.1 Å². The third kappa shape index (κ3) is 4.99. The zero-order valence-electron chi connectivity index (χ0n) is 15.5. The van der Waals surface area contributed by atoms with E-state index in [1.807, 2.05) is 6.07 Å². The lowest BCUT2D eigenvalue weighted by Gasteiger charge is -2.18. The topological polar surface area (TPSA) is 116 Å². The Kier molecular flexibility index (Phi) is 5.82. The molecule has 2 N–H and O–H groups in total. The lowest BCUT2D eigenvalue weighted by atomic mass is 10.1. The molecule has 9 heteroatoms. The van der Waals surface area contributed by atoms with Gasteiger partial charge in [-0.05, 0) is 55.2 Å². The second kappa shape index (κ2) is 7.58.